The fraction of sp³-hybridized carbons (Fsp3) is 0.833. The van der Waals surface area contributed by atoms with Crippen LogP contribution >= 0.6 is 11.6 Å². The lowest BCUT2D eigenvalue weighted by Gasteiger charge is -2.29. The Bertz CT molecular complexity index is 228. The molecule has 1 heterocycles. The molecule has 15 heavy (non-hydrogen) atoms. The number of alkyl halides is 1. The quantitative estimate of drug-likeness (QED) is 0.595. The summed E-state index contributed by atoms with van der Waals surface area (Å²) < 4.78 is 0. The Hall–Kier alpha value is -0.0500. The van der Waals surface area contributed by atoms with Crippen LogP contribution in [0.15, 0.2) is 12.2 Å². The summed E-state index contributed by atoms with van der Waals surface area (Å²) in [6.45, 7) is 11.2. The highest BCUT2D eigenvalue weighted by atomic mass is 35.5. The summed E-state index contributed by atoms with van der Waals surface area (Å²) in [6, 6.07) is 0. The third kappa shape index (κ3) is 4.54. The molecule has 88 valence electrons. The molecule has 0 bridgehead atoms. The van der Waals surface area contributed by atoms with E-state index in [1.54, 1.807) is 0 Å². The van der Waals surface area contributed by atoms with E-state index >= 15 is 0 Å². The molecule has 3 heteroatoms. The predicted octanol–water partition coefficient (Wildman–Crippen LogP) is 2.26. The van der Waals surface area contributed by atoms with Crippen molar-refractivity contribution < 1.29 is 5.11 Å². The minimum atomic E-state index is -0.158. The van der Waals surface area contributed by atoms with Gasteiger partial charge in [0, 0.05) is 25.5 Å². The maximum Gasteiger partial charge on any atom is 0.0558 e. The summed E-state index contributed by atoms with van der Waals surface area (Å²) in [5.74, 6) is 0.527. The number of halogens is 1. The Balaban J connectivity index is 2.55. The van der Waals surface area contributed by atoms with Gasteiger partial charge in [-0.15, -0.1) is 11.6 Å². The largest absolute Gasteiger partial charge is 0.393 e. The van der Waals surface area contributed by atoms with Gasteiger partial charge in [-0.2, -0.15) is 0 Å². The van der Waals surface area contributed by atoms with Crippen LogP contribution in [-0.2, 0) is 0 Å². The molecule has 1 atom stereocenters. The van der Waals surface area contributed by atoms with E-state index in [1.165, 1.54) is 0 Å². The van der Waals surface area contributed by atoms with Crippen molar-refractivity contribution in [2.75, 3.05) is 25.5 Å². The third-order valence-corrected chi connectivity index (χ3v) is 3.23. The highest BCUT2D eigenvalue weighted by molar-refractivity contribution is 6.19. The summed E-state index contributed by atoms with van der Waals surface area (Å²) >= 11 is 5.74. The second-order valence-corrected chi connectivity index (χ2v) is 5.67. The van der Waals surface area contributed by atoms with Crippen molar-refractivity contribution >= 4 is 11.6 Å². The molecule has 1 saturated heterocycles. The summed E-state index contributed by atoms with van der Waals surface area (Å²) in [7, 11) is 0. The van der Waals surface area contributed by atoms with E-state index in [2.05, 4.69) is 25.3 Å². The van der Waals surface area contributed by atoms with Crippen LogP contribution in [0, 0.1) is 5.41 Å². The van der Waals surface area contributed by atoms with Gasteiger partial charge in [0.15, 0.2) is 0 Å². The first kappa shape index (κ1) is 13.0. The van der Waals surface area contributed by atoms with Crippen molar-refractivity contribution in [1.82, 2.24) is 4.90 Å². The number of rotatable bonds is 3. The van der Waals surface area contributed by atoms with Gasteiger partial charge in [0.05, 0.1) is 6.10 Å². The molecule has 0 aromatic heterocycles. The highest BCUT2D eigenvalue weighted by Gasteiger charge is 2.28. The van der Waals surface area contributed by atoms with Crippen molar-refractivity contribution in [2.24, 2.45) is 5.41 Å². The maximum atomic E-state index is 9.76. The van der Waals surface area contributed by atoms with Gasteiger partial charge in [0.25, 0.3) is 0 Å². The summed E-state index contributed by atoms with van der Waals surface area (Å²) in [4.78, 5) is 2.35. The van der Waals surface area contributed by atoms with E-state index in [0.29, 0.717) is 5.88 Å². The second kappa shape index (κ2) is 5.33. The number of nitrogens with zero attached hydrogens (tertiary/aromatic N) is 1. The molecule has 1 rings (SSSR count). The van der Waals surface area contributed by atoms with Crippen molar-refractivity contribution in [3.8, 4) is 0 Å². The molecular formula is C12H22ClNO. The van der Waals surface area contributed by atoms with Gasteiger partial charge in [-0.25, -0.2) is 0 Å². The van der Waals surface area contributed by atoms with Crippen molar-refractivity contribution in [1.29, 1.82) is 0 Å². The Labute approximate surface area is 97.9 Å². The fourth-order valence-corrected chi connectivity index (χ4v) is 2.40. The van der Waals surface area contributed by atoms with Crippen LogP contribution in [0.25, 0.3) is 0 Å². The van der Waals surface area contributed by atoms with Crippen LogP contribution in [0.1, 0.15) is 26.7 Å². The van der Waals surface area contributed by atoms with Gasteiger partial charge in [0.1, 0.15) is 0 Å². The van der Waals surface area contributed by atoms with Gasteiger partial charge in [-0.3, -0.25) is 4.90 Å². The number of aliphatic hydroxyl groups excluding tert-OH is 1. The van der Waals surface area contributed by atoms with Crippen LogP contribution in [0.5, 0.6) is 0 Å². The van der Waals surface area contributed by atoms with E-state index in [9.17, 15) is 5.11 Å². The monoisotopic (exact) mass is 231 g/mol. The third-order valence-electron chi connectivity index (χ3n) is 2.85. The van der Waals surface area contributed by atoms with Crippen LogP contribution in [0.4, 0.5) is 0 Å². The Morgan fingerprint density at radius 2 is 2.27 bits per heavy atom. The molecule has 1 N–H and O–H groups in total. The zero-order valence-corrected chi connectivity index (χ0v) is 10.6. The molecule has 0 spiro atoms. The topological polar surface area (TPSA) is 23.5 Å². The predicted molar refractivity (Wildman–Crippen MR) is 65.3 cm³/mol. The molecule has 1 aliphatic rings. The molecule has 0 amide bonds. The van der Waals surface area contributed by atoms with Crippen molar-refractivity contribution in [2.45, 2.75) is 32.8 Å². The lowest BCUT2D eigenvalue weighted by Crippen LogP contribution is -2.34. The first-order valence-electron chi connectivity index (χ1n) is 5.56. The lowest BCUT2D eigenvalue weighted by atomic mass is 9.87. The molecule has 1 aliphatic heterocycles. The zero-order chi connectivity index (χ0) is 11.5. The molecule has 0 radical (unpaired) electrons. The Morgan fingerprint density at radius 1 is 1.60 bits per heavy atom. The summed E-state index contributed by atoms with van der Waals surface area (Å²) in [5.41, 5.74) is 1.24. The Morgan fingerprint density at radius 3 is 2.87 bits per heavy atom. The molecule has 2 nitrogen and oxygen atoms in total. The molecule has 0 saturated carbocycles. The maximum absolute atomic E-state index is 9.76. The van der Waals surface area contributed by atoms with Crippen molar-refractivity contribution in [3.05, 3.63) is 12.2 Å². The standard InChI is InChI=1S/C12H22ClNO/c1-10(7-13)8-14-5-4-11(15)6-12(2,3)9-14/h11,15H,1,4-9H2,2-3H3. The minimum absolute atomic E-state index is 0.158. The van der Waals surface area contributed by atoms with Gasteiger partial charge >= 0.3 is 0 Å². The molecule has 0 aromatic carbocycles. The van der Waals surface area contributed by atoms with Gasteiger partial charge < -0.3 is 5.11 Å². The molecule has 1 fully saturated rings. The van der Waals surface area contributed by atoms with E-state index in [0.717, 1.165) is 38.0 Å². The minimum Gasteiger partial charge on any atom is -0.393 e. The normalized spacial score (nSPS) is 27.3. The Kier molecular flexibility index (Phi) is 4.63. The second-order valence-electron chi connectivity index (χ2n) is 5.41. The van der Waals surface area contributed by atoms with E-state index < -0.39 is 0 Å². The van der Waals surface area contributed by atoms with Gasteiger partial charge in [-0.05, 0) is 23.8 Å². The number of hydrogen-bond donors (Lipinski definition) is 1. The summed E-state index contributed by atoms with van der Waals surface area (Å²) in [6.07, 6.45) is 1.59. The molecule has 0 aromatic rings. The zero-order valence-electron chi connectivity index (χ0n) is 9.80. The first-order chi connectivity index (χ1) is 6.93. The summed E-state index contributed by atoms with van der Waals surface area (Å²) in [5, 5.41) is 9.76. The fourth-order valence-electron chi connectivity index (χ4n) is 2.31. The average Bonchev–Trinajstić information content (AvgIpc) is 2.23. The number of hydrogen-bond acceptors (Lipinski definition) is 2. The van der Waals surface area contributed by atoms with Crippen LogP contribution in [0.2, 0.25) is 0 Å². The van der Waals surface area contributed by atoms with Gasteiger partial charge in [0.2, 0.25) is 0 Å². The van der Waals surface area contributed by atoms with E-state index in [1.807, 2.05) is 0 Å². The number of aliphatic hydroxyl groups is 1. The highest BCUT2D eigenvalue weighted by Crippen LogP contribution is 2.28. The molecule has 1 unspecified atom stereocenters. The van der Waals surface area contributed by atoms with E-state index in [-0.39, 0.29) is 11.5 Å². The molecule has 0 aliphatic carbocycles. The van der Waals surface area contributed by atoms with E-state index in [4.69, 9.17) is 11.6 Å². The first-order valence-corrected chi connectivity index (χ1v) is 6.09. The smallest absolute Gasteiger partial charge is 0.0558 e. The van der Waals surface area contributed by atoms with Gasteiger partial charge in [-0.1, -0.05) is 20.4 Å². The SMILES string of the molecule is C=C(CCl)CN1CCC(O)CC(C)(C)C1. The van der Waals surface area contributed by atoms with Crippen LogP contribution in [0.3, 0.4) is 0 Å². The number of likely N-dealkylation sites (tertiary alicyclic amines) is 1. The molecular weight excluding hydrogens is 210 g/mol. The lowest BCUT2D eigenvalue weighted by molar-refractivity contribution is 0.121. The van der Waals surface area contributed by atoms with Crippen LogP contribution < -0.4 is 0 Å². The van der Waals surface area contributed by atoms with Crippen LogP contribution in [-0.4, -0.2) is 41.6 Å². The van der Waals surface area contributed by atoms with Crippen molar-refractivity contribution in [3.63, 3.8) is 0 Å². The average molecular weight is 232 g/mol.